The van der Waals surface area contributed by atoms with Gasteiger partial charge < -0.3 is 47.0 Å². The number of carbonyl (C=O) groups is 9. The summed E-state index contributed by atoms with van der Waals surface area (Å²) < 4.78 is 1.13. The van der Waals surface area contributed by atoms with Crippen molar-refractivity contribution in [3.8, 4) is 0 Å². The predicted molar refractivity (Wildman–Crippen MR) is 240 cm³/mol. The fourth-order valence-electron chi connectivity index (χ4n) is 6.80. The van der Waals surface area contributed by atoms with Crippen LogP contribution in [0.5, 0.6) is 0 Å². The van der Waals surface area contributed by atoms with Crippen LogP contribution in [0.1, 0.15) is 56.9 Å². The van der Waals surface area contributed by atoms with Crippen molar-refractivity contribution < 1.29 is 100 Å². The zero-order valence-corrected chi connectivity index (χ0v) is 40.4. The van der Waals surface area contributed by atoms with Crippen molar-refractivity contribution in [1.29, 1.82) is 0 Å². The average molecular weight is 1190 g/mol. The van der Waals surface area contributed by atoms with Gasteiger partial charge in [-0.25, -0.2) is 0 Å². The zero-order valence-electron chi connectivity index (χ0n) is 36.6. The van der Waals surface area contributed by atoms with Gasteiger partial charge in [-0.3, -0.25) is 62.8 Å². The molecule has 2 atom stereocenters. The predicted octanol–water partition coefficient (Wildman–Crippen LogP) is -1.54. The SMILES string of the molecule is CNC(=O)C(CCCCNC(=O)C(CC(=O)O)NC(=O)CCCNC(=O)CCCc1ccc(I)cc1)NC(=O)CN1CCN(CC(=O)O)CCN(CC(=O)O)CCN(CC(=O)O)CC1.[177Lu]. The van der Waals surface area contributed by atoms with E-state index in [9.17, 15) is 63.6 Å². The number of nitrogens with one attached hydrogen (secondary N) is 5. The van der Waals surface area contributed by atoms with Gasteiger partial charge in [0.2, 0.25) is 29.5 Å². The summed E-state index contributed by atoms with van der Waals surface area (Å²) in [6.45, 7) is 0.871. The average Bonchev–Trinajstić information content (AvgIpc) is 3.22. The normalized spacial score (nSPS) is 15.4. The number of likely N-dealkylation sites (N-methyl/N-ethyl adjacent to an activating group) is 1. The minimum absolute atomic E-state index is 0. The first-order valence-corrected chi connectivity index (χ1v) is 22.4. The van der Waals surface area contributed by atoms with Crippen molar-refractivity contribution >= 4 is 76.0 Å². The third-order valence-electron chi connectivity index (χ3n) is 10.2. The standard InChI is InChI=1S/C41H64IN9O13.Lu/c1-43-40(63)31(46-35(54)25-48-16-18-49(26-37(57)58)20-22-51(28-39(61)62)23-21-50(19-17-48)27-38(59)60)7-2-3-14-45-41(64)32(24-36(55)56)47-34(53)9-5-15-44-33(52)8-4-6-29-10-12-30(42)13-11-29;/h10-13,31-32H,2-9,14-28H2,1H3,(H,43,63)(H,44,52)(H,45,64)(H,46,54)(H,47,53)(H,55,56)(H,57,58)(H,59,60)(H,61,62);/i;1+2. The van der Waals surface area contributed by atoms with E-state index in [2.05, 4.69) is 49.2 Å². The van der Waals surface area contributed by atoms with Gasteiger partial charge >= 0.3 is 23.9 Å². The van der Waals surface area contributed by atoms with Gasteiger partial charge in [0.25, 0.3) is 0 Å². The second-order valence-corrected chi connectivity index (χ2v) is 16.7. The number of unbranched alkanes of at least 4 members (excludes halogenated alkanes) is 1. The molecule has 0 bridgehead atoms. The molecule has 373 valence electrons. The van der Waals surface area contributed by atoms with Crippen LogP contribution >= 0.6 is 22.6 Å². The van der Waals surface area contributed by atoms with Crippen LogP contribution in [-0.4, -0.2) is 204 Å². The van der Waals surface area contributed by atoms with Crippen LogP contribution in [0, 0.1) is 40.4 Å². The minimum Gasteiger partial charge on any atom is -0.481 e. The fraction of sp³-hybridized carbons (Fsp3) is 0.634. The first kappa shape index (κ1) is 59.3. The summed E-state index contributed by atoms with van der Waals surface area (Å²) in [5, 5.41) is 50.8. The molecule has 24 heteroatoms. The second-order valence-electron chi connectivity index (χ2n) is 15.5. The number of carboxylic acid groups (broad SMARTS) is 4. The van der Waals surface area contributed by atoms with Gasteiger partial charge in [0.15, 0.2) is 0 Å². The largest absolute Gasteiger partial charge is 0.481 e. The van der Waals surface area contributed by atoms with Gasteiger partial charge in [-0.15, -0.1) is 0 Å². The maximum absolute atomic E-state index is 13.3. The van der Waals surface area contributed by atoms with E-state index in [0.717, 1.165) is 15.6 Å². The molecule has 1 aromatic rings. The molecule has 0 spiro atoms. The number of halogens is 1. The summed E-state index contributed by atoms with van der Waals surface area (Å²) in [6.07, 6.45) is 2.20. The van der Waals surface area contributed by atoms with E-state index in [0.29, 0.717) is 25.7 Å². The van der Waals surface area contributed by atoms with E-state index in [1.54, 1.807) is 19.6 Å². The molecule has 22 nitrogen and oxygen atoms in total. The van der Waals surface area contributed by atoms with Crippen LogP contribution in [0.3, 0.4) is 0 Å². The maximum atomic E-state index is 13.3. The molecule has 0 aromatic heterocycles. The number of carbonyl (C=O) groups excluding carboxylic acids is 5. The summed E-state index contributed by atoms with van der Waals surface area (Å²) in [4.78, 5) is 117. The van der Waals surface area contributed by atoms with Crippen molar-refractivity contribution in [2.45, 2.75) is 69.9 Å². The molecule has 0 aliphatic carbocycles. The van der Waals surface area contributed by atoms with Crippen LogP contribution in [-0.2, 0) is 49.6 Å². The monoisotopic (exact) mass is 1190 g/mol. The topological polar surface area (TPSA) is 308 Å². The van der Waals surface area contributed by atoms with Gasteiger partial charge in [-0.05, 0) is 78.8 Å². The van der Waals surface area contributed by atoms with E-state index in [-0.39, 0.29) is 154 Å². The van der Waals surface area contributed by atoms with Crippen molar-refractivity contribution in [2.24, 2.45) is 0 Å². The number of carboxylic acids is 4. The quantitative estimate of drug-likeness (QED) is 0.0356. The Bertz CT molecular complexity index is 1680. The molecule has 1 fully saturated rings. The van der Waals surface area contributed by atoms with Gasteiger partial charge in [-0.2, -0.15) is 0 Å². The van der Waals surface area contributed by atoms with Gasteiger partial charge in [0.05, 0.1) is 32.6 Å². The van der Waals surface area contributed by atoms with Crippen LogP contribution in [0.15, 0.2) is 24.3 Å². The van der Waals surface area contributed by atoms with Gasteiger partial charge in [-0.1, -0.05) is 12.1 Å². The molecular formula is C41H64ILuN9O13. The number of hydrogen-bond acceptors (Lipinski definition) is 13. The Labute approximate surface area is 421 Å². The smallest absolute Gasteiger partial charge is 0.317 e. The molecule has 5 amide bonds. The Morgan fingerprint density at radius 3 is 1.49 bits per heavy atom. The van der Waals surface area contributed by atoms with Crippen LogP contribution in [0.4, 0.5) is 0 Å². The number of hydrogen-bond donors (Lipinski definition) is 9. The van der Waals surface area contributed by atoms with Gasteiger partial charge in [0.1, 0.15) is 12.1 Å². The Hall–Kier alpha value is -3.75. The number of benzene rings is 1. The van der Waals surface area contributed by atoms with E-state index in [4.69, 9.17) is 0 Å². The number of rotatable bonds is 27. The molecule has 1 heterocycles. The maximum Gasteiger partial charge on any atom is 0.317 e. The molecule has 2 rings (SSSR count). The molecule has 9 N–H and O–H groups in total. The van der Waals surface area contributed by atoms with Crippen LogP contribution < -0.4 is 26.6 Å². The minimum atomic E-state index is -1.34. The number of amides is 5. The Kier molecular flexibility index (Phi) is 30.7. The second kappa shape index (κ2) is 33.7. The summed E-state index contributed by atoms with van der Waals surface area (Å²) >= 11 is 2.23. The molecule has 1 aliphatic rings. The molecular weight excluding hydrogens is 1130 g/mol. The van der Waals surface area contributed by atoms with Crippen LogP contribution in [0.25, 0.3) is 0 Å². The van der Waals surface area contributed by atoms with Crippen molar-refractivity contribution in [2.75, 3.05) is 98.7 Å². The molecule has 1 aromatic carbocycles. The summed E-state index contributed by atoms with van der Waals surface area (Å²) in [7, 11) is 1.41. The Balaban J connectivity index is 0.0000211. The van der Waals surface area contributed by atoms with E-state index in [1.165, 1.54) is 7.05 Å². The molecule has 1 saturated heterocycles. The first-order valence-electron chi connectivity index (χ1n) is 21.3. The molecule has 1 aliphatic heterocycles. The zero-order chi connectivity index (χ0) is 47.4. The molecule has 65 heavy (non-hydrogen) atoms. The number of aryl methyl sites for hydroxylation is 1. The van der Waals surface area contributed by atoms with E-state index in [1.807, 2.05) is 24.3 Å². The third kappa shape index (κ3) is 28.1. The Morgan fingerprint density at radius 1 is 0.554 bits per heavy atom. The summed E-state index contributed by atoms with van der Waals surface area (Å²) in [5.74, 6) is -6.93. The van der Waals surface area contributed by atoms with Crippen molar-refractivity contribution in [1.82, 2.24) is 46.2 Å². The first-order chi connectivity index (χ1) is 30.4. The molecule has 1 radical (unpaired) electrons. The fourth-order valence-corrected chi connectivity index (χ4v) is 7.16. The number of aliphatic carboxylic acids is 4. The van der Waals surface area contributed by atoms with Crippen LogP contribution in [0.2, 0.25) is 0 Å². The molecule has 2 unspecified atom stereocenters. The summed E-state index contributed by atoms with van der Waals surface area (Å²) in [5.41, 5.74) is 1.14. The van der Waals surface area contributed by atoms with Crippen molar-refractivity contribution in [3.63, 3.8) is 0 Å². The van der Waals surface area contributed by atoms with E-state index < -0.39 is 66.0 Å². The van der Waals surface area contributed by atoms with Crippen molar-refractivity contribution in [3.05, 3.63) is 33.4 Å². The molecule has 0 saturated carbocycles. The third-order valence-corrected chi connectivity index (χ3v) is 10.9. The number of nitrogens with zero attached hydrogens (tertiary/aromatic N) is 4. The summed E-state index contributed by atoms with van der Waals surface area (Å²) in [6, 6.07) is 5.74. The van der Waals surface area contributed by atoms with Gasteiger partial charge in [0, 0.05) is 126 Å². The Morgan fingerprint density at radius 2 is 1.02 bits per heavy atom. The van der Waals surface area contributed by atoms with E-state index >= 15 is 0 Å².